The second-order valence-electron chi connectivity index (χ2n) is 5.66. The second-order valence-corrected chi connectivity index (χ2v) is 5.66. The van der Waals surface area contributed by atoms with E-state index in [9.17, 15) is 4.39 Å². The lowest BCUT2D eigenvalue weighted by Gasteiger charge is -2.21. The number of ether oxygens (including phenoxy) is 1. The number of rotatable bonds is 3. The van der Waals surface area contributed by atoms with Crippen LogP contribution in [-0.2, 0) is 6.42 Å². The van der Waals surface area contributed by atoms with Gasteiger partial charge in [0.1, 0.15) is 11.6 Å². The molecule has 0 atom stereocenters. The summed E-state index contributed by atoms with van der Waals surface area (Å²) >= 11 is 0. The molecule has 0 unspecified atom stereocenters. The fourth-order valence-corrected chi connectivity index (χ4v) is 1.63. The summed E-state index contributed by atoms with van der Waals surface area (Å²) in [7, 11) is 0. The lowest BCUT2D eigenvalue weighted by molar-refractivity contribution is 0.237. The zero-order valence-corrected chi connectivity index (χ0v) is 10.8. The van der Waals surface area contributed by atoms with Crippen LogP contribution in [0.25, 0.3) is 0 Å². The molecule has 1 nitrogen and oxygen atoms in total. The van der Waals surface area contributed by atoms with Crippen molar-refractivity contribution >= 4 is 0 Å². The van der Waals surface area contributed by atoms with Gasteiger partial charge in [-0.2, -0.15) is 0 Å². The molecule has 0 bridgehead atoms. The molecule has 0 aliphatic carbocycles. The zero-order valence-electron chi connectivity index (χ0n) is 10.8. The Morgan fingerprint density at radius 1 is 1.25 bits per heavy atom. The van der Waals surface area contributed by atoms with Crippen LogP contribution in [0.4, 0.5) is 4.39 Å². The topological polar surface area (TPSA) is 9.23 Å². The highest BCUT2D eigenvalue weighted by atomic mass is 19.1. The normalized spacial score (nSPS) is 11.9. The van der Waals surface area contributed by atoms with Gasteiger partial charge in [-0.3, -0.25) is 0 Å². The van der Waals surface area contributed by atoms with Crippen LogP contribution in [0.2, 0.25) is 0 Å². The van der Waals surface area contributed by atoms with Crippen LogP contribution in [0.3, 0.4) is 0 Å². The molecule has 0 heterocycles. The summed E-state index contributed by atoms with van der Waals surface area (Å²) in [5, 5.41) is 0. The molecule has 0 radical (unpaired) electrons. The van der Waals surface area contributed by atoms with Gasteiger partial charge in [0, 0.05) is 0 Å². The van der Waals surface area contributed by atoms with E-state index in [-0.39, 0.29) is 17.3 Å². The maximum atomic E-state index is 13.2. The highest BCUT2D eigenvalue weighted by Gasteiger charge is 2.16. The average Bonchev–Trinajstić information content (AvgIpc) is 2.06. The molecule has 0 amide bonds. The highest BCUT2D eigenvalue weighted by Crippen LogP contribution is 2.28. The van der Waals surface area contributed by atoms with Crippen molar-refractivity contribution in [3.8, 4) is 5.75 Å². The Labute approximate surface area is 97.6 Å². The van der Waals surface area contributed by atoms with Crippen molar-refractivity contribution in [3.05, 3.63) is 29.6 Å². The minimum atomic E-state index is -0.199. The largest absolute Gasteiger partial charge is 0.491 e. The van der Waals surface area contributed by atoms with Crippen molar-refractivity contribution < 1.29 is 9.13 Å². The van der Waals surface area contributed by atoms with E-state index in [1.54, 1.807) is 12.1 Å². The Balaban J connectivity index is 2.98. The first-order chi connectivity index (χ1) is 7.28. The van der Waals surface area contributed by atoms with Crippen LogP contribution < -0.4 is 4.74 Å². The number of benzene rings is 1. The molecule has 0 N–H and O–H groups in total. The Morgan fingerprint density at radius 3 is 2.38 bits per heavy atom. The fraction of sp³-hybridized carbons (Fsp3) is 0.571. The van der Waals surface area contributed by atoms with Gasteiger partial charge in [0.25, 0.3) is 0 Å². The Hall–Kier alpha value is -1.05. The zero-order chi connectivity index (χ0) is 12.3. The van der Waals surface area contributed by atoms with Gasteiger partial charge in [0.15, 0.2) is 0 Å². The third kappa shape index (κ3) is 4.21. The van der Waals surface area contributed by atoms with E-state index in [1.165, 1.54) is 6.07 Å². The molecule has 0 aliphatic rings. The second kappa shape index (κ2) is 4.86. The van der Waals surface area contributed by atoms with E-state index < -0.39 is 0 Å². The summed E-state index contributed by atoms with van der Waals surface area (Å²) in [6, 6.07) is 4.74. The van der Waals surface area contributed by atoms with Crippen molar-refractivity contribution in [2.24, 2.45) is 5.41 Å². The smallest absolute Gasteiger partial charge is 0.123 e. The molecule has 1 aromatic rings. The monoisotopic (exact) mass is 224 g/mol. The summed E-state index contributed by atoms with van der Waals surface area (Å²) in [5.74, 6) is 0.599. The number of halogens is 1. The SMILES string of the molecule is CC(C)Oc1ccc(F)cc1CC(C)(C)C. The van der Waals surface area contributed by atoms with Crippen molar-refractivity contribution in [1.82, 2.24) is 0 Å². The van der Waals surface area contributed by atoms with Crippen LogP contribution in [0, 0.1) is 11.2 Å². The van der Waals surface area contributed by atoms with E-state index in [2.05, 4.69) is 20.8 Å². The molecule has 0 saturated heterocycles. The minimum Gasteiger partial charge on any atom is -0.491 e. The summed E-state index contributed by atoms with van der Waals surface area (Å²) < 4.78 is 18.9. The Bertz CT molecular complexity index is 350. The van der Waals surface area contributed by atoms with Crippen molar-refractivity contribution in [3.63, 3.8) is 0 Å². The Kier molecular flexibility index (Phi) is 3.95. The van der Waals surface area contributed by atoms with Gasteiger partial charge in [-0.1, -0.05) is 20.8 Å². The number of hydrogen-bond donors (Lipinski definition) is 0. The molecule has 0 saturated carbocycles. The van der Waals surface area contributed by atoms with Gasteiger partial charge in [-0.05, 0) is 49.4 Å². The minimum absolute atomic E-state index is 0.115. The predicted molar refractivity (Wildman–Crippen MR) is 65.3 cm³/mol. The first kappa shape index (κ1) is 13.0. The van der Waals surface area contributed by atoms with Crippen LogP contribution >= 0.6 is 0 Å². The van der Waals surface area contributed by atoms with Crippen LogP contribution in [0.5, 0.6) is 5.75 Å². The number of hydrogen-bond acceptors (Lipinski definition) is 1. The van der Waals surface area contributed by atoms with Gasteiger partial charge in [-0.15, -0.1) is 0 Å². The molecule has 1 aromatic carbocycles. The predicted octanol–water partition coefficient (Wildman–Crippen LogP) is 4.20. The van der Waals surface area contributed by atoms with E-state index in [1.807, 2.05) is 13.8 Å². The van der Waals surface area contributed by atoms with Crippen LogP contribution in [0.15, 0.2) is 18.2 Å². The summed E-state index contributed by atoms with van der Waals surface area (Å²) in [6.07, 6.45) is 0.927. The van der Waals surface area contributed by atoms with E-state index >= 15 is 0 Å². The van der Waals surface area contributed by atoms with Crippen LogP contribution in [0.1, 0.15) is 40.2 Å². The third-order valence-corrected chi connectivity index (χ3v) is 2.11. The summed E-state index contributed by atoms with van der Waals surface area (Å²) in [6.45, 7) is 10.4. The van der Waals surface area contributed by atoms with Crippen LogP contribution in [-0.4, -0.2) is 6.10 Å². The Morgan fingerprint density at radius 2 is 1.88 bits per heavy atom. The molecular weight excluding hydrogens is 203 g/mol. The molecule has 2 heteroatoms. The molecular formula is C14H21FO. The van der Waals surface area contributed by atoms with Gasteiger partial charge >= 0.3 is 0 Å². The quantitative estimate of drug-likeness (QED) is 0.747. The average molecular weight is 224 g/mol. The molecule has 0 aliphatic heterocycles. The van der Waals surface area contributed by atoms with Crippen molar-refractivity contribution in [2.45, 2.75) is 47.1 Å². The standard InChI is InChI=1S/C14H21FO/c1-10(2)16-13-7-6-12(15)8-11(13)9-14(3,4)5/h6-8,10H,9H2,1-5H3. The summed E-state index contributed by atoms with van der Waals surface area (Å²) in [5.41, 5.74) is 1.07. The molecule has 1 rings (SSSR count). The molecule has 0 fully saturated rings. The fourth-order valence-electron chi connectivity index (χ4n) is 1.63. The van der Waals surface area contributed by atoms with Crippen molar-refractivity contribution in [2.75, 3.05) is 0 Å². The molecule has 16 heavy (non-hydrogen) atoms. The molecule has 0 spiro atoms. The maximum Gasteiger partial charge on any atom is 0.123 e. The van der Waals surface area contributed by atoms with Gasteiger partial charge in [0.05, 0.1) is 6.10 Å². The van der Waals surface area contributed by atoms with Gasteiger partial charge in [-0.25, -0.2) is 4.39 Å². The molecule has 90 valence electrons. The van der Waals surface area contributed by atoms with E-state index in [0.717, 1.165) is 17.7 Å². The highest BCUT2D eigenvalue weighted by molar-refractivity contribution is 5.34. The lowest BCUT2D eigenvalue weighted by atomic mass is 9.88. The molecule has 0 aromatic heterocycles. The van der Waals surface area contributed by atoms with E-state index in [0.29, 0.717) is 0 Å². The van der Waals surface area contributed by atoms with Crippen molar-refractivity contribution in [1.29, 1.82) is 0 Å². The van der Waals surface area contributed by atoms with Gasteiger partial charge in [0.2, 0.25) is 0 Å². The van der Waals surface area contributed by atoms with Gasteiger partial charge < -0.3 is 4.74 Å². The maximum absolute atomic E-state index is 13.2. The van der Waals surface area contributed by atoms with E-state index in [4.69, 9.17) is 4.74 Å². The summed E-state index contributed by atoms with van der Waals surface area (Å²) in [4.78, 5) is 0. The lowest BCUT2D eigenvalue weighted by Crippen LogP contribution is -2.13. The first-order valence-corrected chi connectivity index (χ1v) is 5.73. The first-order valence-electron chi connectivity index (χ1n) is 5.73. The third-order valence-electron chi connectivity index (χ3n) is 2.11.